The summed E-state index contributed by atoms with van der Waals surface area (Å²) in [6.07, 6.45) is 1.91. The molecule has 0 spiro atoms. The molecule has 1 aromatic heterocycles. The normalized spacial score (nSPS) is 10.4. The summed E-state index contributed by atoms with van der Waals surface area (Å²) >= 11 is 0. The number of oxazole rings is 1. The molecule has 2 rings (SSSR count). The number of benzene rings is 1. The molecule has 1 aromatic carbocycles. The van der Waals surface area contributed by atoms with Gasteiger partial charge in [0, 0.05) is 12.0 Å². The lowest BCUT2D eigenvalue weighted by atomic mass is 10.1. The van der Waals surface area contributed by atoms with Gasteiger partial charge in [0.2, 0.25) is 0 Å². The Hall–Kier alpha value is -1.61. The summed E-state index contributed by atoms with van der Waals surface area (Å²) in [4.78, 5) is 4.13. The van der Waals surface area contributed by atoms with Crippen LogP contribution in [0, 0.1) is 0 Å². The zero-order chi connectivity index (χ0) is 9.80. The van der Waals surface area contributed by atoms with Crippen LogP contribution in [0.25, 0.3) is 11.3 Å². The Bertz CT molecular complexity index is 395. The number of aromatic nitrogens is 1. The second kappa shape index (κ2) is 4.07. The van der Waals surface area contributed by atoms with Gasteiger partial charge in [-0.1, -0.05) is 30.3 Å². The highest BCUT2D eigenvalue weighted by molar-refractivity contribution is 5.60. The smallest absolute Gasteiger partial charge is 0.181 e. The zero-order valence-corrected chi connectivity index (χ0v) is 7.68. The fraction of sp³-hybridized carbons (Fsp3) is 0.182. The van der Waals surface area contributed by atoms with Gasteiger partial charge in [-0.05, 0) is 0 Å². The minimum absolute atomic E-state index is 0.0784. The molecule has 0 saturated heterocycles. The quantitative estimate of drug-likeness (QED) is 0.801. The molecule has 1 N–H and O–H groups in total. The minimum Gasteiger partial charge on any atom is -0.448 e. The summed E-state index contributed by atoms with van der Waals surface area (Å²) in [5.74, 6) is 0.735. The lowest BCUT2D eigenvalue weighted by Crippen LogP contribution is -1.91. The van der Waals surface area contributed by atoms with E-state index in [1.165, 1.54) is 6.39 Å². The highest BCUT2D eigenvalue weighted by Gasteiger charge is 2.08. The van der Waals surface area contributed by atoms with Crippen LogP contribution < -0.4 is 0 Å². The van der Waals surface area contributed by atoms with Crippen LogP contribution >= 0.6 is 0 Å². The predicted molar refractivity (Wildman–Crippen MR) is 52.7 cm³/mol. The molecule has 3 heteroatoms. The van der Waals surface area contributed by atoms with Crippen molar-refractivity contribution in [3.8, 4) is 11.3 Å². The van der Waals surface area contributed by atoms with Gasteiger partial charge < -0.3 is 9.52 Å². The lowest BCUT2D eigenvalue weighted by molar-refractivity contribution is 0.288. The molecular formula is C11H11NO2. The van der Waals surface area contributed by atoms with E-state index in [-0.39, 0.29) is 6.61 Å². The molecule has 14 heavy (non-hydrogen) atoms. The minimum atomic E-state index is 0.0784. The van der Waals surface area contributed by atoms with E-state index in [4.69, 9.17) is 9.52 Å². The Morgan fingerprint density at radius 1 is 1.21 bits per heavy atom. The van der Waals surface area contributed by atoms with Crippen molar-refractivity contribution < 1.29 is 9.52 Å². The van der Waals surface area contributed by atoms with E-state index >= 15 is 0 Å². The molecule has 0 fully saturated rings. The topological polar surface area (TPSA) is 46.3 Å². The van der Waals surface area contributed by atoms with Crippen molar-refractivity contribution >= 4 is 0 Å². The molecule has 0 saturated carbocycles. The van der Waals surface area contributed by atoms with Crippen molar-refractivity contribution in [2.24, 2.45) is 0 Å². The first-order chi connectivity index (χ1) is 6.92. The fourth-order valence-corrected chi connectivity index (χ4v) is 1.38. The number of hydrogen-bond donors (Lipinski definition) is 1. The van der Waals surface area contributed by atoms with Crippen LogP contribution in [0.5, 0.6) is 0 Å². The van der Waals surface area contributed by atoms with Crippen molar-refractivity contribution in [2.45, 2.75) is 6.42 Å². The predicted octanol–water partition coefficient (Wildman–Crippen LogP) is 1.88. The second-order valence-corrected chi connectivity index (χ2v) is 2.96. The van der Waals surface area contributed by atoms with E-state index in [1.807, 2.05) is 30.3 Å². The van der Waals surface area contributed by atoms with Crippen molar-refractivity contribution in [3.05, 3.63) is 42.5 Å². The van der Waals surface area contributed by atoms with Crippen molar-refractivity contribution in [3.63, 3.8) is 0 Å². The third-order valence-corrected chi connectivity index (χ3v) is 2.03. The van der Waals surface area contributed by atoms with E-state index in [9.17, 15) is 0 Å². The first-order valence-electron chi connectivity index (χ1n) is 4.50. The molecule has 0 radical (unpaired) electrons. The van der Waals surface area contributed by atoms with Gasteiger partial charge in [0.25, 0.3) is 0 Å². The van der Waals surface area contributed by atoms with Crippen molar-refractivity contribution in [1.29, 1.82) is 0 Å². The van der Waals surface area contributed by atoms with Crippen LogP contribution in [0.15, 0.2) is 41.1 Å². The maximum absolute atomic E-state index is 8.82. The van der Waals surface area contributed by atoms with E-state index in [0.29, 0.717) is 6.42 Å². The Kier molecular flexibility index (Phi) is 2.60. The Labute approximate surface area is 82.0 Å². The summed E-state index contributed by atoms with van der Waals surface area (Å²) in [6, 6.07) is 9.80. The molecule has 0 aliphatic carbocycles. The van der Waals surface area contributed by atoms with Crippen molar-refractivity contribution in [2.75, 3.05) is 6.61 Å². The molecule has 0 aliphatic rings. The molecule has 0 aliphatic heterocycles. The molecule has 72 valence electrons. The molecular weight excluding hydrogens is 178 g/mol. The number of nitrogens with zero attached hydrogens (tertiary/aromatic N) is 1. The monoisotopic (exact) mass is 189 g/mol. The van der Waals surface area contributed by atoms with Gasteiger partial charge in [0.1, 0.15) is 11.5 Å². The van der Waals surface area contributed by atoms with Gasteiger partial charge in [-0.3, -0.25) is 0 Å². The Balaban J connectivity index is 2.37. The van der Waals surface area contributed by atoms with Gasteiger partial charge in [-0.25, -0.2) is 4.98 Å². The van der Waals surface area contributed by atoms with Gasteiger partial charge in [-0.2, -0.15) is 0 Å². The maximum Gasteiger partial charge on any atom is 0.181 e. The zero-order valence-electron chi connectivity index (χ0n) is 7.68. The summed E-state index contributed by atoms with van der Waals surface area (Å²) < 4.78 is 5.19. The van der Waals surface area contributed by atoms with Gasteiger partial charge in [0.05, 0.1) is 6.61 Å². The highest BCUT2D eigenvalue weighted by atomic mass is 16.3. The first-order valence-corrected chi connectivity index (χ1v) is 4.50. The third kappa shape index (κ3) is 1.67. The lowest BCUT2D eigenvalue weighted by Gasteiger charge is -1.98. The van der Waals surface area contributed by atoms with Gasteiger partial charge >= 0.3 is 0 Å². The van der Waals surface area contributed by atoms with E-state index in [1.54, 1.807) is 0 Å². The second-order valence-electron chi connectivity index (χ2n) is 2.96. The highest BCUT2D eigenvalue weighted by Crippen LogP contribution is 2.21. The van der Waals surface area contributed by atoms with Crippen LogP contribution in [0.2, 0.25) is 0 Å². The molecule has 0 amide bonds. The average molecular weight is 189 g/mol. The molecule has 0 unspecified atom stereocenters. The van der Waals surface area contributed by atoms with Gasteiger partial charge in [0.15, 0.2) is 6.39 Å². The molecule has 0 atom stereocenters. The third-order valence-electron chi connectivity index (χ3n) is 2.03. The molecule has 0 bridgehead atoms. The van der Waals surface area contributed by atoms with E-state index < -0.39 is 0 Å². The summed E-state index contributed by atoms with van der Waals surface area (Å²) in [6.45, 7) is 0.0784. The number of hydrogen-bond acceptors (Lipinski definition) is 3. The van der Waals surface area contributed by atoms with Crippen LogP contribution in [0.4, 0.5) is 0 Å². The van der Waals surface area contributed by atoms with Crippen LogP contribution in [0.1, 0.15) is 5.76 Å². The summed E-state index contributed by atoms with van der Waals surface area (Å²) in [5, 5.41) is 8.82. The largest absolute Gasteiger partial charge is 0.448 e. The number of aliphatic hydroxyl groups is 1. The number of aliphatic hydroxyl groups excluding tert-OH is 1. The fourth-order valence-electron chi connectivity index (χ4n) is 1.38. The first kappa shape index (κ1) is 8.97. The Morgan fingerprint density at radius 3 is 2.71 bits per heavy atom. The Morgan fingerprint density at radius 2 is 2.00 bits per heavy atom. The van der Waals surface area contributed by atoms with Crippen LogP contribution in [0.3, 0.4) is 0 Å². The standard InChI is InChI=1S/C11H11NO2/c13-7-6-10-11(12-8-14-10)9-4-2-1-3-5-9/h1-5,8,13H,6-7H2. The van der Waals surface area contributed by atoms with E-state index in [0.717, 1.165) is 17.0 Å². The summed E-state index contributed by atoms with van der Waals surface area (Å²) in [5.41, 5.74) is 1.84. The SMILES string of the molecule is OCCc1ocnc1-c1ccccc1. The summed E-state index contributed by atoms with van der Waals surface area (Å²) in [7, 11) is 0. The number of rotatable bonds is 3. The maximum atomic E-state index is 8.82. The van der Waals surface area contributed by atoms with Gasteiger partial charge in [-0.15, -0.1) is 0 Å². The molecule has 3 nitrogen and oxygen atoms in total. The average Bonchev–Trinajstić information content (AvgIpc) is 2.68. The van der Waals surface area contributed by atoms with E-state index in [2.05, 4.69) is 4.98 Å². The van der Waals surface area contributed by atoms with Crippen molar-refractivity contribution in [1.82, 2.24) is 4.98 Å². The van der Waals surface area contributed by atoms with Crippen LogP contribution in [-0.4, -0.2) is 16.7 Å². The molecule has 2 aromatic rings. The van der Waals surface area contributed by atoms with Crippen LogP contribution in [-0.2, 0) is 6.42 Å². The molecule has 1 heterocycles.